The van der Waals surface area contributed by atoms with Crippen LogP contribution < -0.4 is 5.14 Å². The zero-order valence-electron chi connectivity index (χ0n) is 7.24. The van der Waals surface area contributed by atoms with E-state index in [1.165, 1.54) is 0 Å². The van der Waals surface area contributed by atoms with Crippen LogP contribution in [0.2, 0.25) is 0 Å². The average molecular weight is 176 g/mol. The lowest BCUT2D eigenvalue weighted by atomic mass is 10.0. The van der Waals surface area contributed by atoms with Crippen LogP contribution in [-0.4, -0.2) is 16.9 Å². The summed E-state index contributed by atoms with van der Waals surface area (Å²) in [5.41, 5.74) is 0.778. The first-order valence-electron chi connectivity index (χ1n) is 3.75. The lowest BCUT2D eigenvalue weighted by molar-refractivity contribution is 0.232. The van der Waals surface area contributed by atoms with Crippen molar-refractivity contribution in [2.24, 2.45) is 15.5 Å². The van der Waals surface area contributed by atoms with Gasteiger partial charge in [0.2, 0.25) is 0 Å². The lowest BCUT2D eigenvalue weighted by Crippen LogP contribution is -2.24. The van der Waals surface area contributed by atoms with E-state index in [-0.39, 0.29) is 5.92 Å². The van der Waals surface area contributed by atoms with Gasteiger partial charge in [-0.15, -0.1) is 0 Å². The van der Waals surface area contributed by atoms with Crippen LogP contribution >= 0.6 is 12.1 Å². The van der Waals surface area contributed by atoms with Crippen molar-refractivity contribution >= 4 is 17.8 Å². The van der Waals surface area contributed by atoms with Crippen LogP contribution in [-0.2, 0) is 0 Å². The summed E-state index contributed by atoms with van der Waals surface area (Å²) in [6, 6.07) is 0. The molecule has 0 saturated carbocycles. The first kappa shape index (κ1) is 10.9. The number of hydrogen-bond acceptors (Lipinski definition) is 4. The fourth-order valence-electron chi connectivity index (χ4n) is 0.821. The first-order valence-corrected chi connectivity index (χ1v) is 4.58. The fourth-order valence-corrected chi connectivity index (χ4v) is 1.28. The summed E-state index contributed by atoms with van der Waals surface area (Å²) in [5, 5.41) is 14.6. The molecule has 0 aromatic heterocycles. The lowest BCUT2D eigenvalue weighted by Gasteiger charge is -2.13. The fraction of sp³-hybridized carbons (Fsp3) is 0.857. The van der Waals surface area contributed by atoms with Gasteiger partial charge in [-0.2, -0.15) is 0 Å². The van der Waals surface area contributed by atoms with Crippen LogP contribution in [0.15, 0.2) is 4.40 Å². The van der Waals surface area contributed by atoms with Gasteiger partial charge in [-0.1, -0.05) is 20.8 Å². The Hall–Kier alpha value is -0.0600. The SMILES string of the molecule is CCC(O)/C(=N\SN)C(C)C. The van der Waals surface area contributed by atoms with Crippen LogP contribution in [0.1, 0.15) is 27.2 Å². The Morgan fingerprint density at radius 2 is 2.18 bits per heavy atom. The molecule has 0 aliphatic rings. The average Bonchev–Trinajstić information content (AvgIpc) is 1.98. The van der Waals surface area contributed by atoms with Crippen molar-refractivity contribution in [1.29, 1.82) is 0 Å². The number of nitrogens with two attached hydrogens (primary N) is 1. The van der Waals surface area contributed by atoms with Crippen LogP contribution in [0.3, 0.4) is 0 Å². The summed E-state index contributed by atoms with van der Waals surface area (Å²) in [6.07, 6.45) is 0.253. The van der Waals surface area contributed by atoms with Crippen molar-refractivity contribution in [3.05, 3.63) is 0 Å². The van der Waals surface area contributed by atoms with E-state index in [1.807, 2.05) is 20.8 Å². The van der Waals surface area contributed by atoms with E-state index in [2.05, 4.69) is 4.40 Å². The van der Waals surface area contributed by atoms with E-state index in [0.29, 0.717) is 6.42 Å². The molecule has 0 spiro atoms. The van der Waals surface area contributed by atoms with Gasteiger partial charge in [0.25, 0.3) is 0 Å². The molecule has 0 aromatic carbocycles. The molecular formula is C7H16N2OS. The highest BCUT2D eigenvalue weighted by Crippen LogP contribution is 2.08. The van der Waals surface area contributed by atoms with E-state index in [4.69, 9.17) is 5.14 Å². The third kappa shape index (κ3) is 3.74. The molecule has 0 aromatic rings. The summed E-state index contributed by atoms with van der Waals surface area (Å²) in [7, 11) is 0. The molecule has 0 aliphatic heterocycles. The summed E-state index contributed by atoms with van der Waals surface area (Å²) in [4.78, 5) is 0. The first-order chi connectivity index (χ1) is 5.13. The van der Waals surface area contributed by atoms with Gasteiger partial charge in [0.1, 0.15) is 0 Å². The highest BCUT2D eigenvalue weighted by molar-refractivity contribution is 7.95. The molecule has 0 fully saturated rings. The van der Waals surface area contributed by atoms with Gasteiger partial charge in [0.15, 0.2) is 0 Å². The van der Waals surface area contributed by atoms with Crippen molar-refractivity contribution < 1.29 is 5.11 Å². The molecule has 0 saturated heterocycles. The Kier molecular flexibility index (Phi) is 5.54. The second kappa shape index (κ2) is 5.57. The van der Waals surface area contributed by atoms with E-state index >= 15 is 0 Å². The third-order valence-electron chi connectivity index (χ3n) is 1.48. The van der Waals surface area contributed by atoms with Gasteiger partial charge in [0.05, 0.1) is 23.9 Å². The Morgan fingerprint density at radius 1 is 1.64 bits per heavy atom. The second-order valence-electron chi connectivity index (χ2n) is 2.70. The predicted molar refractivity (Wildman–Crippen MR) is 50.3 cm³/mol. The van der Waals surface area contributed by atoms with Crippen molar-refractivity contribution in [2.75, 3.05) is 0 Å². The van der Waals surface area contributed by atoms with Gasteiger partial charge < -0.3 is 5.11 Å². The van der Waals surface area contributed by atoms with E-state index in [9.17, 15) is 5.11 Å². The molecule has 1 atom stereocenters. The molecule has 0 amide bonds. The van der Waals surface area contributed by atoms with Gasteiger partial charge in [-0.3, -0.25) is 5.14 Å². The number of aliphatic hydroxyl groups is 1. The molecule has 4 heteroatoms. The molecule has 0 radical (unpaired) electrons. The number of aliphatic hydroxyl groups excluding tert-OH is 1. The molecular weight excluding hydrogens is 160 g/mol. The molecule has 0 bridgehead atoms. The summed E-state index contributed by atoms with van der Waals surface area (Å²) < 4.78 is 3.96. The summed E-state index contributed by atoms with van der Waals surface area (Å²) in [5.74, 6) is 0.265. The largest absolute Gasteiger partial charge is 0.387 e. The minimum atomic E-state index is -0.439. The monoisotopic (exact) mass is 176 g/mol. The van der Waals surface area contributed by atoms with Crippen molar-refractivity contribution in [3.8, 4) is 0 Å². The van der Waals surface area contributed by atoms with E-state index < -0.39 is 6.10 Å². The highest BCUT2D eigenvalue weighted by Gasteiger charge is 2.13. The second-order valence-corrected chi connectivity index (χ2v) is 3.09. The van der Waals surface area contributed by atoms with Crippen LogP contribution in [0.25, 0.3) is 0 Å². The topological polar surface area (TPSA) is 58.6 Å². The minimum absolute atomic E-state index is 0.265. The molecule has 66 valence electrons. The highest BCUT2D eigenvalue weighted by atomic mass is 32.2. The predicted octanol–water partition coefficient (Wildman–Crippen LogP) is 1.38. The molecule has 3 N–H and O–H groups in total. The van der Waals surface area contributed by atoms with Gasteiger partial charge >= 0.3 is 0 Å². The Morgan fingerprint density at radius 3 is 2.45 bits per heavy atom. The maximum absolute atomic E-state index is 9.42. The van der Waals surface area contributed by atoms with Crippen LogP contribution in [0.4, 0.5) is 0 Å². The van der Waals surface area contributed by atoms with Gasteiger partial charge in [-0.25, -0.2) is 4.40 Å². The standard InChI is InChI=1S/C7H16N2OS/c1-4-6(10)7(5(2)3)9-11-8/h5-6,10H,4,8H2,1-3H3/b9-7-. The normalized spacial score (nSPS) is 15.6. The van der Waals surface area contributed by atoms with Crippen LogP contribution in [0.5, 0.6) is 0 Å². The zero-order chi connectivity index (χ0) is 8.85. The van der Waals surface area contributed by atoms with E-state index in [0.717, 1.165) is 17.8 Å². The molecule has 11 heavy (non-hydrogen) atoms. The Balaban J connectivity index is 4.21. The van der Waals surface area contributed by atoms with Gasteiger partial charge in [0, 0.05) is 0 Å². The summed E-state index contributed by atoms with van der Waals surface area (Å²) >= 11 is 0.910. The van der Waals surface area contributed by atoms with Gasteiger partial charge in [-0.05, 0) is 12.3 Å². The smallest absolute Gasteiger partial charge is 0.0928 e. The third-order valence-corrected chi connectivity index (χ3v) is 1.79. The summed E-state index contributed by atoms with van der Waals surface area (Å²) in [6.45, 7) is 5.91. The maximum Gasteiger partial charge on any atom is 0.0928 e. The maximum atomic E-state index is 9.42. The number of rotatable bonds is 4. The minimum Gasteiger partial charge on any atom is -0.387 e. The number of hydrogen-bond donors (Lipinski definition) is 2. The van der Waals surface area contributed by atoms with Crippen molar-refractivity contribution in [3.63, 3.8) is 0 Å². The van der Waals surface area contributed by atoms with Crippen molar-refractivity contribution in [1.82, 2.24) is 0 Å². The Bertz CT molecular complexity index is 136. The molecule has 0 rings (SSSR count). The number of nitrogens with zero attached hydrogens (tertiary/aromatic N) is 1. The molecule has 1 unspecified atom stereocenters. The van der Waals surface area contributed by atoms with Crippen LogP contribution in [0, 0.1) is 5.92 Å². The molecule has 0 aliphatic carbocycles. The quantitative estimate of drug-likeness (QED) is 0.502. The van der Waals surface area contributed by atoms with Crippen molar-refractivity contribution in [2.45, 2.75) is 33.3 Å². The van der Waals surface area contributed by atoms with E-state index in [1.54, 1.807) is 0 Å². The molecule has 3 nitrogen and oxygen atoms in total. The zero-order valence-corrected chi connectivity index (χ0v) is 8.06. The Labute approximate surface area is 72.4 Å². The molecule has 0 heterocycles.